The smallest absolute Gasteiger partial charge is 0.300 e. The average molecular weight is 472 g/mol. The highest BCUT2D eigenvalue weighted by molar-refractivity contribution is 7.10. The van der Waals surface area contributed by atoms with E-state index in [1.165, 1.54) is 43.8 Å². The first-order valence-corrected chi connectivity index (χ1v) is 10.7. The second-order valence-corrected chi connectivity index (χ2v) is 8.30. The summed E-state index contributed by atoms with van der Waals surface area (Å²) in [6, 6.07) is 11.5. The Morgan fingerprint density at radius 2 is 1.88 bits per heavy atom. The molecule has 3 aromatic rings. The number of aliphatic hydroxyl groups excluding tert-OH is 1. The number of phenolic OH excluding ortho intramolecular Hbond substituents is 1. The maximum atomic E-state index is 13.1. The van der Waals surface area contributed by atoms with Crippen LogP contribution in [0.5, 0.6) is 17.2 Å². The lowest BCUT2D eigenvalue weighted by molar-refractivity contribution is -0.132. The number of carbonyl (C=O) groups excluding carboxylic acids is 2. The molecule has 1 unspecified atom stereocenters. The molecule has 1 atom stereocenters. The van der Waals surface area contributed by atoms with Crippen molar-refractivity contribution in [2.45, 2.75) is 6.04 Å². The van der Waals surface area contributed by atoms with Gasteiger partial charge in [0.15, 0.2) is 0 Å². The predicted molar refractivity (Wildman–Crippen MR) is 122 cm³/mol. The number of amides is 1. The first-order valence-electron chi connectivity index (χ1n) is 9.42. The van der Waals surface area contributed by atoms with Gasteiger partial charge in [-0.1, -0.05) is 17.7 Å². The number of thiophene rings is 1. The van der Waals surface area contributed by atoms with Gasteiger partial charge in [-0.05, 0) is 41.8 Å². The van der Waals surface area contributed by atoms with Crippen LogP contribution in [0.3, 0.4) is 0 Å². The van der Waals surface area contributed by atoms with E-state index in [-0.39, 0.29) is 33.3 Å². The third-order valence-electron chi connectivity index (χ3n) is 5.12. The highest BCUT2D eigenvalue weighted by atomic mass is 35.5. The number of halogens is 1. The van der Waals surface area contributed by atoms with Crippen LogP contribution in [-0.2, 0) is 9.59 Å². The van der Waals surface area contributed by atoms with E-state index in [1.54, 1.807) is 35.7 Å². The lowest BCUT2D eigenvalue weighted by Gasteiger charge is -2.25. The molecule has 32 heavy (non-hydrogen) atoms. The zero-order valence-electron chi connectivity index (χ0n) is 17.0. The summed E-state index contributed by atoms with van der Waals surface area (Å²) in [6.07, 6.45) is 0. The largest absolute Gasteiger partial charge is 0.507 e. The molecule has 9 heteroatoms. The standard InChI is InChI=1S/C23H18ClNO6S/c1-30-13-6-7-14(17(11-13)31-2)21(27)19-20(18-4-3-9-32-18)25(23(29)22(19)28)15-10-12(24)5-8-16(15)26/h3-11,20,26-27H,1-2H3/b21-19-. The highest BCUT2D eigenvalue weighted by Crippen LogP contribution is 2.47. The number of hydrogen-bond donors (Lipinski definition) is 2. The number of phenols is 1. The van der Waals surface area contributed by atoms with Crippen molar-refractivity contribution in [2.75, 3.05) is 19.1 Å². The molecule has 0 spiro atoms. The number of carbonyl (C=O) groups is 2. The molecule has 1 fully saturated rings. The van der Waals surface area contributed by atoms with Crippen molar-refractivity contribution in [2.24, 2.45) is 0 Å². The molecule has 2 N–H and O–H groups in total. The summed E-state index contributed by atoms with van der Waals surface area (Å²) in [6.45, 7) is 0. The number of anilines is 1. The van der Waals surface area contributed by atoms with Gasteiger partial charge in [-0.15, -0.1) is 11.3 Å². The normalized spacial score (nSPS) is 17.6. The lowest BCUT2D eigenvalue weighted by atomic mass is 9.99. The maximum absolute atomic E-state index is 13.1. The van der Waals surface area contributed by atoms with Crippen LogP contribution in [0.4, 0.5) is 5.69 Å². The molecule has 1 saturated heterocycles. The third kappa shape index (κ3) is 3.57. The minimum atomic E-state index is -0.967. The molecule has 2 aromatic carbocycles. The van der Waals surface area contributed by atoms with Crippen molar-refractivity contribution in [3.8, 4) is 17.2 Å². The predicted octanol–water partition coefficient (Wildman–Crippen LogP) is 4.75. The van der Waals surface area contributed by atoms with Crippen LogP contribution in [0.25, 0.3) is 5.76 Å². The van der Waals surface area contributed by atoms with Crippen LogP contribution in [0.15, 0.2) is 59.5 Å². The molecule has 0 saturated carbocycles. The lowest BCUT2D eigenvalue weighted by Crippen LogP contribution is -2.29. The fraction of sp³-hybridized carbons (Fsp3) is 0.130. The van der Waals surface area contributed by atoms with E-state index < -0.39 is 23.5 Å². The molecule has 2 heterocycles. The first-order chi connectivity index (χ1) is 15.4. The molecule has 1 amide bonds. The second-order valence-electron chi connectivity index (χ2n) is 6.88. The Bertz CT molecular complexity index is 1240. The summed E-state index contributed by atoms with van der Waals surface area (Å²) in [4.78, 5) is 28.0. The van der Waals surface area contributed by atoms with E-state index in [2.05, 4.69) is 0 Å². The number of hydrogen-bond acceptors (Lipinski definition) is 7. The molecule has 0 radical (unpaired) electrons. The number of ketones is 1. The van der Waals surface area contributed by atoms with Crippen molar-refractivity contribution in [1.82, 2.24) is 0 Å². The zero-order chi connectivity index (χ0) is 23.0. The van der Waals surface area contributed by atoms with E-state index in [9.17, 15) is 19.8 Å². The summed E-state index contributed by atoms with van der Waals surface area (Å²) in [5.74, 6) is -1.64. The Morgan fingerprint density at radius 1 is 1.09 bits per heavy atom. The van der Waals surface area contributed by atoms with E-state index in [1.807, 2.05) is 0 Å². The zero-order valence-corrected chi connectivity index (χ0v) is 18.6. The highest BCUT2D eigenvalue weighted by Gasteiger charge is 2.48. The van der Waals surface area contributed by atoms with Crippen LogP contribution in [0.1, 0.15) is 16.5 Å². The van der Waals surface area contributed by atoms with Crippen LogP contribution in [-0.4, -0.2) is 36.1 Å². The van der Waals surface area contributed by atoms with Gasteiger partial charge in [-0.25, -0.2) is 0 Å². The van der Waals surface area contributed by atoms with Gasteiger partial charge in [0, 0.05) is 16.0 Å². The van der Waals surface area contributed by atoms with Gasteiger partial charge in [0.2, 0.25) is 0 Å². The van der Waals surface area contributed by atoms with Crippen molar-refractivity contribution >= 4 is 46.1 Å². The van der Waals surface area contributed by atoms with Gasteiger partial charge >= 0.3 is 0 Å². The summed E-state index contributed by atoms with van der Waals surface area (Å²) >= 11 is 7.40. The number of nitrogens with zero attached hydrogens (tertiary/aromatic N) is 1. The Labute approximate surface area is 192 Å². The monoisotopic (exact) mass is 471 g/mol. The van der Waals surface area contributed by atoms with Crippen LogP contribution < -0.4 is 14.4 Å². The Hall–Kier alpha value is -3.49. The van der Waals surface area contributed by atoms with Gasteiger partial charge in [0.25, 0.3) is 11.7 Å². The molecule has 164 valence electrons. The van der Waals surface area contributed by atoms with E-state index in [0.717, 1.165) is 4.90 Å². The number of rotatable bonds is 5. The number of Topliss-reactive ketones (excluding diaryl/α,β-unsaturated/α-hetero) is 1. The molecule has 1 aliphatic rings. The topological polar surface area (TPSA) is 96.3 Å². The number of methoxy groups -OCH3 is 2. The molecule has 0 bridgehead atoms. The second kappa shape index (κ2) is 8.57. The van der Waals surface area contributed by atoms with Crippen LogP contribution in [0, 0.1) is 0 Å². The Morgan fingerprint density at radius 3 is 2.53 bits per heavy atom. The average Bonchev–Trinajstić information content (AvgIpc) is 3.41. The van der Waals surface area contributed by atoms with Gasteiger partial charge in [-0.3, -0.25) is 14.5 Å². The van der Waals surface area contributed by atoms with Gasteiger partial charge in [-0.2, -0.15) is 0 Å². The molecular weight excluding hydrogens is 454 g/mol. The molecule has 7 nitrogen and oxygen atoms in total. The summed E-state index contributed by atoms with van der Waals surface area (Å²) in [5.41, 5.74) is 0.169. The number of benzene rings is 2. The molecule has 1 aliphatic heterocycles. The minimum Gasteiger partial charge on any atom is -0.507 e. The molecule has 4 rings (SSSR count). The summed E-state index contributed by atoms with van der Waals surface area (Å²) in [5, 5.41) is 23.7. The van der Waals surface area contributed by atoms with E-state index in [0.29, 0.717) is 10.6 Å². The summed E-state index contributed by atoms with van der Waals surface area (Å²) < 4.78 is 10.6. The Kier molecular flexibility index (Phi) is 5.82. The molecular formula is C23H18ClNO6S. The van der Waals surface area contributed by atoms with Crippen molar-refractivity contribution < 1.29 is 29.3 Å². The molecule has 0 aliphatic carbocycles. The Balaban J connectivity index is 1.96. The van der Waals surface area contributed by atoms with Gasteiger partial charge in [0.05, 0.1) is 31.0 Å². The minimum absolute atomic E-state index is 0.0683. The third-order valence-corrected chi connectivity index (χ3v) is 6.28. The van der Waals surface area contributed by atoms with Crippen LogP contribution in [0.2, 0.25) is 5.02 Å². The quantitative estimate of drug-likeness (QED) is 0.316. The number of aliphatic hydroxyl groups is 1. The van der Waals surface area contributed by atoms with Crippen molar-refractivity contribution in [3.05, 3.63) is 74.9 Å². The van der Waals surface area contributed by atoms with E-state index >= 15 is 0 Å². The maximum Gasteiger partial charge on any atom is 0.300 e. The number of aromatic hydroxyl groups is 1. The van der Waals surface area contributed by atoms with Crippen molar-refractivity contribution in [1.29, 1.82) is 0 Å². The fourth-order valence-corrected chi connectivity index (χ4v) is 4.62. The van der Waals surface area contributed by atoms with Crippen LogP contribution >= 0.6 is 22.9 Å². The van der Waals surface area contributed by atoms with Crippen molar-refractivity contribution in [3.63, 3.8) is 0 Å². The number of ether oxygens (including phenoxy) is 2. The fourth-order valence-electron chi connectivity index (χ4n) is 3.63. The molecule has 1 aromatic heterocycles. The van der Waals surface area contributed by atoms with Gasteiger partial charge in [0.1, 0.15) is 29.0 Å². The summed E-state index contributed by atoms with van der Waals surface area (Å²) in [7, 11) is 2.92. The first kappa shape index (κ1) is 21.7. The van der Waals surface area contributed by atoms with E-state index in [4.69, 9.17) is 21.1 Å². The SMILES string of the molecule is COc1ccc(/C(O)=C2/C(=O)C(=O)N(c3cc(Cl)ccc3O)C2c2cccs2)c(OC)c1. The van der Waals surface area contributed by atoms with Gasteiger partial charge < -0.3 is 19.7 Å².